The third-order valence-electron chi connectivity index (χ3n) is 3.90. The average molecular weight is 285 g/mol. The molecule has 0 saturated heterocycles. The van der Waals surface area contributed by atoms with Crippen LogP contribution in [0.1, 0.15) is 21.9 Å². The van der Waals surface area contributed by atoms with Gasteiger partial charge in [0.25, 0.3) is 0 Å². The molecule has 1 atom stereocenters. The summed E-state index contributed by atoms with van der Waals surface area (Å²) in [5.74, 6) is 0.253. The Hall–Kier alpha value is -1.65. The van der Waals surface area contributed by atoms with Crippen molar-refractivity contribution in [2.75, 3.05) is 13.1 Å². The van der Waals surface area contributed by atoms with Crippen LogP contribution in [0.3, 0.4) is 0 Å². The van der Waals surface area contributed by atoms with E-state index in [0.717, 1.165) is 31.6 Å². The summed E-state index contributed by atoms with van der Waals surface area (Å²) in [7, 11) is 0. The van der Waals surface area contributed by atoms with Crippen molar-refractivity contribution in [2.24, 2.45) is 5.73 Å². The highest BCUT2D eigenvalue weighted by Gasteiger charge is 2.22. The maximum atomic E-state index is 7.88. The highest BCUT2D eigenvalue weighted by molar-refractivity contribution is 7.10. The molecule has 1 aliphatic heterocycles. The van der Waals surface area contributed by atoms with Gasteiger partial charge in [-0.2, -0.15) is 0 Å². The minimum Gasteiger partial charge on any atom is -0.387 e. The van der Waals surface area contributed by atoms with Crippen molar-refractivity contribution in [1.82, 2.24) is 4.90 Å². The van der Waals surface area contributed by atoms with Crippen molar-refractivity contribution >= 4 is 17.2 Å². The molecule has 3 nitrogen and oxygen atoms in total. The first-order chi connectivity index (χ1) is 9.74. The van der Waals surface area contributed by atoms with Crippen molar-refractivity contribution in [1.29, 1.82) is 5.41 Å². The molecule has 2 aromatic rings. The molecule has 20 heavy (non-hydrogen) atoms. The molecular weight excluding hydrogens is 266 g/mol. The Labute approximate surface area is 123 Å². The zero-order valence-corrected chi connectivity index (χ0v) is 12.2. The number of fused-ring (bicyclic) bond motifs is 1. The number of rotatable bonds is 4. The first kappa shape index (κ1) is 13.3. The van der Waals surface area contributed by atoms with Crippen molar-refractivity contribution in [3.05, 3.63) is 57.8 Å². The molecule has 0 saturated carbocycles. The molecule has 2 heterocycles. The number of nitrogens with zero attached hydrogens (tertiary/aromatic N) is 1. The smallest absolute Gasteiger partial charge is 0.0995 e. The monoisotopic (exact) mass is 285 g/mol. The van der Waals surface area contributed by atoms with Crippen LogP contribution in [0, 0.1) is 5.41 Å². The van der Waals surface area contributed by atoms with Gasteiger partial charge in [0.05, 0.1) is 11.8 Å². The Morgan fingerprint density at radius 1 is 1.30 bits per heavy atom. The SMILES string of the molecule is N=C(N)C(CN1CCc2sccc2C1)c1ccccc1. The maximum Gasteiger partial charge on any atom is 0.0995 e. The summed E-state index contributed by atoms with van der Waals surface area (Å²) in [5, 5.41) is 10.1. The van der Waals surface area contributed by atoms with Crippen molar-refractivity contribution < 1.29 is 0 Å². The van der Waals surface area contributed by atoms with E-state index >= 15 is 0 Å². The average Bonchev–Trinajstić information content (AvgIpc) is 2.93. The van der Waals surface area contributed by atoms with Crippen LogP contribution in [0.2, 0.25) is 0 Å². The van der Waals surface area contributed by atoms with Gasteiger partial charge in [0.1, 0.15) is 0 Å². The Kier molecular flexibility index (Phi) is 3.85. The fraction of sp³-hybridized carbons (Fsp3) is 0.312. The molecule has 0 amide bonds. The van der Waals surface area contributed by atoms with E-state index in [9.17, 15) is 0 Å². The van der Waals surface area contributed by atoms with E-state index in [4.69, 9.17) is 11.1 Å². The summed E-state index contributed by atoms with van der Waals surface area (Å²) in [4.78, 5) is 3.93. The summed E-state index contributed by atoms with van der Waals surface area (Å²) in [6.45, 7) is 2.87. The van der Waals surface area contributed by atoms with Crippen molar-refractivity contribution in [3.63, 3.8) is 0 Å². The fourth-order valence-corrected chi connectivity index (χ4v) is 3.68. The third kappa shape index (κ3) is 2.76. The number of nitrogens with one attached hydrogen (secondary N) is 1. The Morgan fingerprint density at radius 3 is 2.85 bits per heavy atom. The van der Waals surface area contributed by atoms with Gasteiger partial charge < -0.3 is 5.73 Å². The second-order valence-electron chi connectivity index (χ2n) is 5.27. The second-order valence-corrected chi connectivity index (χ2v) is 6.27. The van der Waals surface area contributed by atoms with E-state index < -0.39 is 0 Å². The van der Waals surface area contributed by atoms with E-state index in [2.05, 4.69) is 28.5 Å². The molecule has 0 radical (unpaired) electrons. The lowest BCUT2D eigenvalue weighted by molar-refractivity contribution is 0.253. The highest BCUT2D eigenvalue weighted by Crippen LogP contribution is 2.26. The fourth-order valence-electron chi connectivity index (χ4n) is 2.79. The van der Waals surface area contributed by atoms with Crippen molar-refractivity contribution in [3.8, 4) is 0 Å². The molecule has 1 aromatic carbocycles. The minimum absolute atomic E-state index is 0.00335. The van der Waals surface area contributed by atoms with E-state index in [0.29, 0.717) is 0 Å². The lowest BCUT2D eigenvalue weighted by Crippen LogP contribution is -2.37. The van der Waals surface area contributed by atoms with Gasteiger partial charge in [0, 0.05) is 24.5 Å². The summed E-state index contributed by atoms with van der Waals surface area (Å²) in [6.07, 6.45) is 1.12. The van der Waals surface area contributed by atoms with E-state index in [1.54, 1.807) is 0 Å². The van der Waals surface area contributed by atoms with Gasteiger partial charge in [0.15, 0.2) is 0 Å². The second kappa shape index (κ2) is 5.77. The molecular formula is C16H19N3S. The van der Waals surface area contributed by atoms with Crippen molar-refractivity contribution in [2.45, 2.75) is 18.9 Å². The van der Waals surface area contributed by atoms with Gasteiger partial charge in [-0.05, 0) is 29.0 Å². The van der Waals surface area contributed by atoms with Crippen LogP contribution in [-0.2, 0) is 13.0 Å². The number of hydrogen-bond donors (Lipinski definition) is 2. The predicted molar refractivity (Wildman–Crippen MR) is 84.4 cm³/mol. The summed E-state index contributed by atoms with van der Waals surface area (Å²) < 4.78 is 0. The zero-order chi connectivity index (χ0) is 13.9. The van der Waals surface area contributed by atoms with Gasteiger partial charge in [-0.3, -0.25) is 10.3 Å². The van der Waals surface area contributed by atoms with Crippen LogP contribution in [0.15, 0.2) is 41.8 Å². The standard InChI is InChI=1S/C16H19N3S/c17-16(18)14(12-4-2-1-3-5-12)11-19-8-6-15-13(10-19)7-9-20-15/h1-5,7,9,14H,6,8,10-11H2,(H3,17,18). The number of thiophene rings is 1. The molecule has 1 unspecified atom stereocenters. The number of nitrogens with two attached hydrogens (primary N) is 1. The maximum absolute atomic E-state index is 7.88. The number of amidine groups is 1. The predicted octanol–water partition coefficient (Wildman–Crippen LogP) is 2.83. The van der Waals surface area contributed by atoms with Crippen LogP contribution in [-0.4, -0.2) is 23.8 Å². The zero-order valence-electron chi connectivity index (χ0n) is 11.4. The first-order valence-corrected chi connectivity index (χ1v) is 7.78. The normalized spacial score (nSPS) is 16.6. The molecule has 104 valence electrons. The summed E-state index contributed by atoms with van der Waals surface area (Å²) in [6, 6.07) is 12.4. The van der Waals surface area contributed by atoms with E-state index in [1.807, 2.05) is 29.5 Å². The van der Waals surface area contributed by atoms with Gasteiger partial charge in [-0.1, -0.05) is 30.3 Å². The van der Waals surface area contributed by atoms with Crippen LogP contribution < -0.4 is 5.73 Å². The summed E-state index contributed by atoms with van der Waals surface area (Å²) >= 11 is 1.86. The summed E-state index contributed by atoms with van der Waals surface area (Å²) in [5.41, 5.74) is 8.40. The van der Waals surface area contributed by atoms with Crippen LogP contribution in [0.4, 0.5) is 0 Å². The third-order valence-corrected chi connectivity index (χ3v) is 4.93. The molecule has 0 aliphatic carbocycles. The molecule has 0 spiro atoms. The van der Waals surface area contributed by atoms with Gasteiger partial charge in [-0.25, -0.2) is 0 Å². The molecule has 0 bridgehead atoms. The Morgan fingerprint density at radius 2 is 2.10 bits per heavy atom. The van der Waals surface area contributed by atoms with E-state index in [-0.39, 0.29) is 11.8 Å². The number of hydrogen-bond acceptors (Lipinski definition) is 3. The van der Waals surface area contributed by atoms with Gasteiger partial charge in [0.2, 0.25) is 0 Å². The highest BCUT2D eigenvalue weighted by atomic mass is 32.1. The van der Waals surface area contributed by atoms with Crippen LogP contribution in [0.25, 0.3) is 0 Å². The molecule has 4 heteroatoms. The molecule has 3 rings (SSSR count). The molecule has 1 aromatic heterocycles. The lowest BCUT2D eigenvalue weighted by atomic mass is 9.96. The van der Waals surface area contributed by atoms with Crippen LogP contribution >= 0.6 is 11.3 Å². The molecule has 1 aliphatic rings. The van der Waals surface area contributed by atoms with Gasteiger partial charge >= 0.3 is 0 Å². The number of benzene rings is 1. The molecule has 3 N–H and O–H groups in total. The molecule has 0 fully saturated rings. The van der Waals surface area contributed by atoms with Crippen LogP contribution in [0.5, 0.6) is 0 Å². The largest absolute Gasteiger partial charge is 0.387 e. The quantitative estimate of drug-likeness (QED) is 0.670. The van der Waals surface area contributed by atoms with E-state index in [1.165, 1.54) is 10.4 Å². The Balaban J connectivity index is 1.74. The topological polar surface area (TPSA) is 53.1 Å². The van der Waals surface area contributed by atoms with Gasteiger partial charge in [-0.15, -0.1) is 11.3 Å². The Bertz CT molecular complexity index is 591. The minimum atomic E-state index is -0.00335. The lowest BCUT2D eigenvalue weighted by Gasteiger charge is -2.30. The first-order valence-electron chi connectivity index (χ1n) is 6.90.